The fourth-order valence-corrected chi connectivity index (χ4v) is 3.43. The number of ether oxygens (including phenoxy) is 2. The third-order valence-corrected chi connectivity index (χ3v) is 4.88. The fourth-order valence-electron chi connectivity index (χ4n) is 3.43. The maximum Gasteiger partial charge on any atom is 0.264 e. The number of hydrogen-bond acceptors (Lipinski definition) is 8. The Kier molecular flexibility index (Phi) is 7.68. The van der Waals surface area contributed by atoms with E-state index >= 15 is 0 Å². The molecule has 5 amide bonds. The lowest BCUT2D eigenvalue weighted by molar-refractivity contribution is -0.136. The number of carbonyl (C=O) groups is 5. The van der Waals surface area contributed by atoms with Crippen molar-refractivity contribution < 1.29 is 33.4 Å². The predicted octanol–water partition coefficient (Wildman–Crippen LogP) is -0.721. The standard InChI is InChI=1S/C20H24N4O7/c25-12-21-6-8-30-10-11-31-9-7-22-14-3-1-2-13-17(14)20(29)24(19(13)28)15-4-5-16(26)23-18(15)27/h1-3,12,15,22H,4-11H2,(H,21,25)(H,23,26,27). The molecule has 1 atom stereocenters. The summed E-state index contributed by atoms with van der Waals surface area (Å²) in [5.41, 5.74) is 0.909. The van der Waals surface area contributed by atoms with Gasteiger partial charge in [0.15, 0.2) is 0 Å². The number of nitrogens with one attached hydrogen (secondary N) is 3. The maximum atomic E-state index is 13.0. The van der Waals surface area contributed by atoms with Crippen LogP contribution in [0.25, 0.3) is 0 Å². The largest absolute Gasteiger partial charge is 0.382 e. The average Bonchev–Trinajstić information content (AvgIpc) is 3.01. The second-order valence-electron chi connectivity index (χ2n) is 6.90. The summed E-state index contributed by atoms with van der Waals surface area (Å²) in [4.78, 5) is 60.3. The number of hydrogen-bond donors (Lipinski definition) is 3. The van der Waals surface area contributed by atoms with Crippen molar-refractivity contribution in [2.75, 3.05) is 44.8 Å². The minimum absolute atomic E-state index is 0.0730. The van der Waals surface area contributed by atoms with Crippen molar-refractivity contribution in [2.45, 2.75) is 18.9 Å². The molecule has 1 fully saturated rings. The Bertz CT molecular complexity index is 873. The number of piperidine rings is 1. The summed E-state index contributed by atoms with van der Waals surface area (Å²) in [6.45, 7) is 2.33. The van der Waals surface area contributed by atoms with Crippen molar-refractivity contribution in [3.8, 4) is 0 Å². The Balaban J connectivity index is 1.52. The van der Waals surface area contributed by atoms with Gasteiger partial charge in [-0.1, -0.05) is 6.07 Å². The van der Waals surface area contributed by atoms with E-state index in [0.717, 1.165) is 4.90 Å². The van der Waals surface area contributed by atoms with Gasteiger partial charge in [-0.3, -0.25) is 34.2 Å². The monoisotopic (exact) mass is 432 g/mol. The molecule has 0 bridgehead atoms. The van der Waals surface area contributed by atoms with Gasteiger partial charge < -0.3 is 20.1 Å². The van der Waals surface area contributed by atoms with Gasteiger partial charge in [0.25, 0.3) is 11.8 Å². The fraction of sp³-hybridized carbons (Fsp3) is 0.450. The van der Waals surface area contributed by atoms with Gasteiger partial charge >= 0.3 is 0 Å². The van der Waals surface area contributed by atoms with E-state index in [1.54, 1.807) is 18.2 Å². The lowest BCUT2D eigenvalue weighted by Crippen LogP contribution is -2.54. The highest BCUT2D eigenvalue weighted by atomic mass is 16.5. The molecule has 0 spiro atoms. The lowest BCUT2D eigenvalue weighted by Gasteiger charge is -2.27. The van der Waals surface area contributed by atoms with Crippen LogP contribution in [0.15, 0.2) is 18.2 Å². The molecule has 166 valence electrons. The SMILES string of the molecule is O=CNCCOCCOCCNc1cccc2c1C(=O)N(C1CCC(=O)NC1=O)C2=O. The Morgan fingerprint density at radius 2 is 1.77 bits per heavy atom. The van der Waals surface area contributed by atoms with Crippen molar-refractivity contribution in [1.82, 2.24) is 15.5 Å². The van der Waals surface area contributed by atoms with E-state index in [9.17, 15) is 24.0 Å². The second kappa shape index (κ2) is 10.6. The van der Waals surface area contributed by atoms with Gasteiger partial charge in [-0.05, 0) is 18.6 Å². The zero-order chi connectivity index (χ0) is 22.2. The molecule has 2 aliphatic heterocycles. The number of amides is 5. The molecular weight excluding hydrogens is 408 g/mol. The summed E-state index contributed by atoms with van der Waals surface area (Å²) in [5, 5.41) is 7.75. The summed E-state index contributed by atoms with van der Waals surface area (Å²) in [7, 11) is 0. The molecule has 1 unspecified atom stereocenters. The maximum absolute atomic E-state index is 13.0. The first kappa shape index (κ1) is 22.4. The van der Waals surface area contributed by atoms with Gasteiger partial charge in [-0.15, -0.1) is 0 Å². The zero-order valence-corrected chi connectivity index (χ0v) is 16.8. The molecule has 11 nitrogen and oxygen atoms in total. The normalized spacial score (nSPS) is 18.1. The van der Waals surface area contributed by atoms with Crippen molar-refractivity contribution in [3.05, 3.63) is 29.3 Å². The Hall–Kier alpha value is -3.31. The molecule has 1 aromatic rings. The first-order valence-electron chi connectivity index (χ1n) is 9.95. The van der Waals surface area contributed by atoms with Crippen LogP contribution in [0.1, 0.15) is 33.6 Å². The van der Waals surface area contributed by atoms with Gasteiger partial charge in [0.1, 0.15) is 6.04 Å². The third kappa shape index (κ3) is 5.25. The van der Waals surface area contributed by atoms with E-state index in [1.165, 1.54) is 0 Å². The van der Waals surface area contributed by atoms with E-state index in [-0.39, 0.29) is 24.0 Å². The van der Waals surface area contributed by atoms with Gasteiger partial charge in [0, 0.05) is 25.2 Å². The van der Waals surface area contributed by atoms with Gasteiger partial charge in [0.05, 0.1) is 37.6 Å². The van der Waals surface area contributed by atoms with Crippen LogP contribution in [0.4, 0.5) is 5.69 Å². The van der Waals surface area contributed by atoms with Crippen LogP contribution in [0.5, 0.6) is 0 Å². The van der Waals surface area contributed by atoms with Crippen molar-refractivity contribution in [1.29, 1.82) is 0 Å². The average molecular weight is 432 g/mol. The van der Waals surface area contributed by atoms with Crippen LogP contribution in [0.2, 0.25) is 0 Å². The van der Waals surface area contributed by atoms with Crippen LogP contribution < -0.4 is 16.0 Å². The number of nitrogens with zero attached hydrogens (tertiary/aromatic N) is 1. The molecule has 31 heavy (non-hydrogen) atoms. The smallest absolute Gasteiger partial charge is 0.264 e. The Morgan fingerprint density at radius 1 is 1.03 bits per heavy atom. The summed E-state index contributed by atoms with van der Waals surface area (Å²) >= 11 is 0. The first-order valence-corrected chi connectivity index (χ1v) is 9.95. The molecule has 3 N–H and O–H groups in total. The lowest BCUT2D eigenvalue weighted by atomic mass is 10.0. The van der Waals surface area contributed by atoms with E-state index < -0.39 is 29.7 Å². The van der Waals surface area contributed by atoms with Crippen LogP contribution in [-0.4, -0.2) is 80.5 Å². The quantitative estimate of drug-likeness (QED) is 0.223. The first-order chi connectivity index (χ1) is 15.0. The van der Waals surface area contributed by atoms with E-state index in [0.29, 0.717) is 51.6 Å². The molecular formula is C20H24N4O7. The molecule has 0 aliphatic carbocycles. The molecule has 11 heteroatoms. The summed E-state index contributed by atoms with van der Waals surface area (Å²) in [5.74, 6) is -2.16. The third-order valence-electron chi connectivity index (χ3n) is 4.88. The van der Waals surface area contributed by atoms with Crippen LogP contribution >= 0.6 is 0 Å². The van der Waals surface area contributed by atoms with E-state index in [2.05, 4.69) is 16.0 Å². The van der Waals surface area contributed by atoms with Crippen molar-refractivity contribution >= 4 is 35.7 Å². The van der Waals surface area contributed by atoms with Crippen molar-refractivity contribution in [3.63, 3.8) is 0 Å². The van der Waals surface area contributed by atoms with Gasteiger partial charge in [-0.2, -0.15) is 0 Å². The van der Waals surface area contributed by atoms with Gasteiger partial charge in [0.2, 0.25) is 18.2 Å². The highest BCUT2D eigenvalue weighted by Crippen LogP contribution is 2.32. The zero-order valence-electron chi connectivity index (χ0n) is 16.8. The summed E-state index contributed by atoms with van der Waals surface area (Å²) in [6, 6.07) is 3.88. The summed E-state index contributed by atoms with van der Waals surface area (Å²) < 4.78 is 10.7. The Morgan fingerprint density at radius 3 is 2.48 bits per heavy atom. The number of imide groups is 2. The molecule has 0 saturated carbocycles. The van der Waals surface area contributed by atoms with Crippen LogP contribution in [0.3, 0.4) is 0 Å². The summed E-state index contributed by atoms with van der Waals surface area (Å²) in [6.07, 6.45) is 0.790. The Labute approximate surface area is 178 Å². The van der Waals surface area contributed by atoms with Gasteiger partial charge in [-0.25, -0.2) is 0 Å². The number of rotatable bonds is 12. The number of anilines is 1. The molecule has 0 aromatic heterocycles. The minimum Gasteiger partial charge on any atom is -0.382 e. The highest BCUT2D eigenvalue weighted by Gasteiger charge is 2.45. The topological polar surface area (TPSA) is 143 Å². The molecule has 1 aromatic carbocycles. The molecule has 0 radical (unpaired) electrons. The van der Waals surface area contributed by atoms with E-state index in [1.807, 2.05) is 0 Å². The highest BCUT2D eigenvalue weighted by molar-refractivity contribution is 6.25. The molecule has 3 rings (SSSR count). The molecule has 1 saturated heterocycles. The number of benzene rings is 1. The van der Waals surface area contributed by atoms with Crippen LogP contribution in [-0.2, 0) is 23.9 Å². The number of fused-ring (bicyclic) bond motifs is 1. The minimum atomic E-state index is -0.997. The predicted molar refractivity (Wildman–Crippen MR) is 107 cm³/mol. The van der Waals surface area contributed by atoms with E-state index in [4.69, 9.17) is 9.47 Å². The number of carbonyl (C=O) groups excluding carboxylic acids is 5. The molecule has 2 heterocycles. The van der Waals surface area contributed by atoms with Crippen LogP contribution in [0, 0.1) is 0 Å². The second-order valence-corrected chi connectivity index (χ2v) is 6.90. The molecule has 2 aliphatic rings. The van der Waals surface area contributed by atoms with Crippen molar-refractivity contribution in [2.24, 2.45) is 0 Å².